The average Bonchev–Trinajstić information content (AvgIpc) is 2.44. The lowest BCUT2D eigenvalue weighted by Crippen LogP contribution is -2.49. The molecular weight excluding hydrogens is 308 g/mol. The van der Waals surface area contributed by atoms with Crippen LogP contribution in [0, 0.1) is 23.8 Å². The Hall–Kier alpha value is -0.763. The van der Waals surface area contributed by atoms with E-state index in [9.17, 15) is 0 Å². The van der Waals surface area contributed by atoms with E-state index in [-0.39, 0.29) is 5.04 Å². The Morgan fingerprint density at radius 3 is 2.08 bits per heavy atom. The molecule has 1 nitrogen and oxygen atoms in total. The summed E-state index contributed by atoms with van der Waals surface area (Å²) in [5.74, 6) is 4.09. The molecule has 1 radical (unpaired) electrons. The van der Waals surface area contributed by atoms with Gasteiger partial charge in [0.25, 0.3) is 0 Å². The lowest BCUT2D eigenvalue weighted by Gasteiger charge is -2.57. The zero-order chi connectivity index (χ0) is 17.2. The molecule has 0 heterocycles. The first kappa shape index (κ1) is 16.7. The highest BCUT2D eigenvalue weighted by atomic mass is 28.4. The Balaban J connectivity index is 1.70. The van der Waals surface area contributed by atoms with Crippen LogP contribution in [0.15, 0.2) is 18.2 Å². The van der Waals surface area contributed by atoms with Gasteiger partial charge in [0.15, 0.2) is 0 Å². The molecule has 0 amide bonds. The van der Waals surface area contributed by atoms with Crippen molar-refractivity contribution in [3.05, 3.63) is 29.8 Å². The van der Waals surface area contributed by atoms with Gasteiger partial charge in [0, 0.05) is 0 Å². The van der Waals surface area contributed by atoms with E-state index in [1.807, 2.05) is 6.07 Å². The van der Waals surface area contributed by atoms with Gasteiger partial charge in [-0.2, -0.15) is 0 Å². The lowest BCUT2D eigenvalue weighted by molar-refractivity contribution is -0.00587. The molecule has 4 saturated carbocycles. The normalized spacial score (nSPS) is 35.3. The predicted molar refractivity (Wildman–Crippen MR) is 103 cm³/mol. The molecule has 131 valence electrons. The van der Waals surface area contributed by atoms with E-state index in [0.717, 1.165) is 17.8 Å². The molecule has 4 bridgehead atoms. The van der Waals surface area contributed by atoms with E-state index in [2.05, 4.69) is 52.1 Å². The number of hydrogen-bond acceptors (Lipinski definition) is 1. The summed E-state index contributed by atoms with van der Waals surface area (Å²) in [7, 11) is -1.81. The van der Waals surface area contributed by atoms with Gasteiger partial charge in [-0.15, -0.1) is 0 Å². The highest BCUT2D eigenvalue weighted by Gasteiger charge is 2.52. The fourth-order valence-corrected chi connectivity index (χ4v) is 6.82. The maximum Gasteiger partial charge on any atom is 0.250 e. The molecule has 1 aromatic rings. The van der Waals surface area contributed by atoms with Gasteiger partial charge >= 0.3 is 0 Å². The molecule has 2 heteroatoms. The molecule has 0 aliphatic heterocycles. The average molecular weight is 342 g/mol. The van der Waals surface area contributed by atoms with Crippen molar-refractivity contribution in [1.82, 2.24) is 0 Å². The second kappa shape index (κ2) is 5.36. The van der Waals surface area contributed by atoms with Crippen LogP contribution in [0.25, 0.3) is 0 Å². The Morgan fingerprint density at radius 1 is 1.04 bits per heavy atom. The van der Waals surface area contributed by atoms with Crippen LogP contribution in [0.3, 0.4) is 0 Å². The maximum absolute atomic E-state index is 6.81. The van der Waals surface area contributed by atoms with Crippen LogP contribution >= 0.6 is 0 Å². The van der Waals surface area contributed by atoms with Gasteiger partial charge in [-0.05, 0) is 104 Å². The fraction of sp³-hybridized carbons (Fsp3) is 0.727. The minimum absolute atomic E-state index is 0.241. The van der Waals surface area contributed by atoms with E-state index in [1.165, 1.54) is 49.8 Å². The monoisotopic (exact) mass is 341 g/mol. The third-order valence-corrected chi connectivity index (χ3v) is 11.9. The van der Waals surface area contributed by atoms with Crippen LogP contribution in [-0.2, 0) is 5.41 Å². The SMILES string of the molecule is CC(C)(C)[Si](C)(C)Oc1cc[c]cc1C12CC3CC(CC(C3)C1)C2. The van der Waals surface area contributed by atoms with E-state index in [1.54, 1.807) is 0 Å². The van der Waals surface area contributed by atoms with Gasteiger partial charge in [0.1, 0.15) is 5.75 Å². The number of rotatable bonds is 3. The summed E-state index contributed by atoms with van der Waals surface area (Å²) in [6, 6.07) is 9.91. The van der Waals surface area contributed by atoms with Gasteiger partial charge in [-0.3, -0.25) is 0 Å². The number of hydrogen-bond donors (Lipinski definition) is 0. The van der Waals surface area contributed by atoms with Crippen molar-refractivity contribution in [3.63, 3.8) is 0 Å². The van der Waals surface area contributed by atoms with E-state index in [0.29, 0.717) is 5.41 Å². The maximum atomic E-state index is 6.81. The van der Waals surface area contributed by atoms with Gasteiger partial charge in [0.05, 0.1) is 0 Å². The fourth-order valence-electron chi connectivity index (χ4n) is 5.79. The second-order valence-corrected chi connectivity index (χ2v) is 15.2. The molecule has 0 unspecified atom stereocenters. The summed E-state index contributed by atoms with van der Waals surface area (Å²) in [5, 5.41) is 0.241. The molecule has 24 heavy (non-hydrogen) atoms. The molecule has 0 atom stereocenters. The minimum Gasteiger partial charge on any atom is -0.543 e. The lowest BCUT2D eigenvalue weighted by atomic mass is 9.48. The van der Waals surface area contributed by atoms with Gasteiger partial charge in [-0.1, -0.05) is 26.8 Å². The van der Waals surface area contributed by atoms with Crippen molar-refractivity contribution in [2.45, 2.75) is 82.8 Å². The van der Waals surface area contributed by atoms with E-state index < -0.39 is 8.32 Å². The molecule has 4 aliphatic rings. The first-order valence-corrected chi connectivity index (χ1v) is 12.8. The summed E-state index contributed by atoms with van der Waals surface area (Å²) >= 11 is 0. The molecule has 0 aromatic heterocycles. The summed E-state index contributed by atoms with van der Waals surface area (Å²) in [5.41, 5.74) is 1.89. The van der Waals surface area contributed by atoms with Gasteiger partial charge in [-0.25, -0.2) is 0 Å². The van der Waals surface area contributed by atoms with Gasteiger partial charge < -0.3 is 4.43 Å². The first-order chi connectivity index (χ1) is 11.2. The van der Waals surface area contributed by atoms with Crippen molar-refractivity contribution < 1.29 is 4.43 Å². The summed E-state index contributed by atoms with van der Waals surface area (Å²) < 4.78 is 6.81. The zero-order valence-corrected chi connectivity index (χ0v) is 17.1. The Bertz CT molecular complexity index is 590. The quantitative estimate of drug-likeness (QED) is 0.583. The van der Waals surface area contributed by atoms with E-state index >= 15 is 0 Å². The zero-order valence-electron chi connectivity index (χ0n) is 16.1. The molecule has 0 spiro atoms. The van der Waals surface area contributed by atoms with Gasteiger partial charge in [0.2, 0.25) is 8.32 Å². The summed E-state index contributed by atoms with van der Waals surface area (Å²) in [4.78, 5) is 0. The number of benzene rings is 1. The standard InChI is InChI=1S/C22H33OSi/c1-21(2,3)24(4,5)23-20-9-7-6-8-19(20)22-13-16-10-17(14-22)12-18(11-16)15-22/h7-9,16-18H,10-15H2,1-5H3. The third kappa shape index (κ3) is 2.65. The second-order valence-electron chi connectivity index (χ2n) is 10.5. The van der Waals surface area contributed by atoms with Crippen LogP contribution in [0.1, 0.15) is 64.9 Å². The van der Waals surface area contributed by atoms with Crippen molar-refractivity contribution >= 4 is 8.32 Å². The molecule has 4 fully saturated rings. The van der Waals surface area contributed by atoms with E-state index in [4.69, 9.17) is 4.43 Å². The third-order valence-electron chi connectivity index (χ3n) is 7.60. The highest BCUT2D eigenvalue weighted by Crippen LogP contribution is 2.62. The highest BCUT2D eigenvalue weighted by molar-refractivity contribution is 6.74. The van der Waals surface area contributed by atoms with Crippen molar-refractivity contribution in [1.29, 1.82) is 0 Å². The largest absolute Gasteiger partial charge is 0.543 e. The van der Waals surface area contributed by atoms with Crippen molar-refractivity contribution in [2.75, 3.05) is 0 Å². The summed E-state index contributed by atoms with van der Waals surface area (Å²) in [6.07, 6.45) is 8.66. The topological polar surface area (TPSA) is 9.23 Å². The van der Waals surface area contributed by atoms with Crippen LogP contribution in [0.2, 0.25) is 18.1 Å². The Labute approximate surface area is 149 Å². The molecular formula is C22H33OSi. The molecule has 4 aliphatic carbocycles. The van der Waals surface area contributed by atoms with Crippen LogP contribution < -0.4 is 4.43 Å². The van der Waals surface area contributed by atoms with Crippen LogP contribution in [0.5, 0.6) is 5.75 Å². The smallest absolute Gasteiger partial charge is 0.250 e. The molecule has 0 N–H and O–H groups in total. The van der Waals surface area contributed by atoms with Crippen LogP contribution in [0.4, 0.5) is 0 Å². The van der Waals surface area contributed by atoms with Crippen molar-refractivity contribution in [2.24, 2.45) is 17.8 Å². The van der Waals surface area contributed by atoms with Crippen LogP contribution in [-0.4, -0.2) is 8.32 Å². The molecule has 0 saturated heterocycles. The Morgan fingerprint density at radius 2 is 1.58 bits per heavy atom. The molecule has 5 rings (SSSR count). The molecule has 1 aromatic carbocycles. The first-order valence-electron chi connectivity index (χ1n) is 9.88. The Kier molecular flexibility index (Phi) is 3.73. The van der Waals surface area contributed by atoms with Crippen molar-refractivity contribution in [3.8, 4) is 5.75 Å². The minimum atomic E-state index is -1.81. The summed E-state index contributed by atoms with van der Waals surface area (Å²) in [6.45, 7) is 11.7. The predicted octanol–water partition coefficient (Wildman–Crippen LogP) is 6.34.